The second-order valence-electron chi connectivity index (χ2n) is 12.7. The Kier molecular flexibility index (Phi) is 9.51. The van der Waals surface area contributed by atoms with Crippen molar-refractivity contribution in [2.24, 2.45) is 5.92 Å². The topological polar surface area (TPSA) is 121 Å². The number of hydrogen-bond donors (Lipinski definition) is 3. The number of aliphatic hydroxyl groups excluding tert-OH is 1. The molecule has 3 heterocycles. The van der Waals surface area contributed by atoms with Crippen molar-refractivity contribution in [3.63, 3.8) is 0 Å². The molecular weight excluding hydrogens is 588 g/mol. The molecule has 0 amide bonds. The molecule has 14 heteroatoms. The van der Waals surface area contributed by atoms with Gasteiger partial charge in [0.25, 0.3) is 5.56 Å². The van der Waals surface area contributed by atoms with Crippen LogP contribution in [0, 0.1) is 5.92 Å². The maximum absolute atomic E-state index is 12.2. The number of aromatic amines is 1. The first-order valence-electron chi connectivity index (χ1n) is 13.6. The van der Waals surface area contributed by atoms with Crippen molar-refractivity contribution < 1.29 is 23.3 Å². The SMILES string of the molecule is C=C(C)[C@H]1CC[C@@](C)(S)[C@H](O[P+](=S)O[C@H]2[C@@H](O)[C@H](n3cnc4c(=O)[nH]cnc43)O[C@@H]2CO[Si](C)(C)C(C)(C)C)C1. The second-order valence-corrected chi connectivity index (χ2v) is 20.3. The average molecular weight is 630 g/mol. The molecule has 40 heavy (non-hydrogen) atoms. The molecule has 0 bridgehead atoms. The Morgan fingerprint density at radius 3 is 2.75 bits per heavy atom. The van der Waals surface area contributed by atoms with Gasteiger partial charge in [-0.1, -0.05) is 32.9 Å². The minimum absolute atomic E-state index is 0.0168. The Balaban J connectivity index is 1.57. The van der Waals surface area contributed by atoms with Crippen LogP contribution in [0.1, 0.15) is 60.1 Å². The Labute approximate surface area is 248 Å². The van der Waals surface area contributed by atoms with E-state index in [-0.39, 0.29) is 33.6 Å². The standard InChI is InChI=1S/C26H41N4O6PS2Si/c1-15(2)16-9-10-26(6,38)18(11-16)35-37(39)36-21-17(12-33-40(7,8)25(3,4)5)34-24(20(21)31)30-14-29-19-22(30)27-13-28-23(19)32/h13-14,16-18,20-21,24,31H,1,9-12H2,2-8H3,(H-,27,28,32,38)/p+1/t16-,17+,18+,20+,21+,24+,26+/m0/s1. The second kappa shape index (κ2) is 11.9. The van der Waals surface area contributed by atoms with Gasteiger partial charge >= 0.3 is 7.15 Å². The van der Waals surface area contributed by atoms with E-state index < -0.39 is 40.0 Å². The molecule has 222 valence electrons. The lowest BCUT2D eigenvalue weighted by Crippen LogP contribution is -2.45. The number of rotatable bonds is 9. The third kappa shape index (κ3) is 6.63. The van der Waals surface area contributed by atoms with E-state index in [1.807, 2.05) is 6.92 Å². The van der Waals surface area contributed by atoms with Crippen LogP contribution < -0.4 is 5.56 Å². The van der Waals surface area contributed by atoms with E-state index in [1.165, 1.54) is 12.7 Å². The normalized spacial score (nSPS) is 32.0. The molecule has 2 aromatic rings. The van der Waals surface area contributed by atoms with Crippen molar-refractivity contribution in [1.29, 1.82) is 0 Å². The van der Waals surface area contributed by atoms with Gasteiger partial charge in [-0.05, 0) is 57.2 Å². The Morgan fingerprint density at radius 1 is 1.40 bits per heavy atom. The fraction of sp³-hybridized carbons (Fsp3) is 0.731. The van der Waals surface area contributed by atoms with Crippen LogP contribution in [0.4, 0.5) is 0 Å². The number of ether oxygens (including phenoxy) is 1. The number of thiol groups is 1. The number of nitrogens with zero attached hydrogens (tertiary/aromatic N) is 3. The predicted octanol–water partition coefficient (Wildman–Crippen LogP) is 5.01. The van der Waals surface area contributed by atoms with Crippen LogP contribution in [0.3, 0.4) is 0 Å². The van der Waals surface area contributed by atoms with Crippen LogP contribution in [-0.4, -0.2) is 68.7 Å². The smallest absolute Gasteiger partial charge is 0.414 e. The summed E-state index contributed by atoms with van der Waals surface area (Å²) in [5.74, 6) is 0.337. The highest BCUT2D eigenvalue weighted by Crippen LogP contribution is 2.47. The van der Waals surface area contributed by atoms with Crippen LogP contribution in [0.25, 0.3) is 11.2 Å². The van der Waals surface area contributed by atoms with Crippen LogP contribution in [0.5, 0.6) is 0 Å². The molecule has 1 saturated carbocycles. The molecule has 1 aliphatic carbocycles. The number of fused-ring (bicyclic) bond motifs is 1. The summed E-state index contributed by atoms with van der Waals surface area (Å²) < 4.78 is 26.6. The molecule has 1 unspecified atom stereocenters. The van der Waals surface area contributed by atoms with Gasteiger partial charge in [0, 0.05) is 4.75 Å². The first-order chi connectivity index (χ1) is 18.5. The van der Waals surface area contributed by atoms with E-state index in [0.717, 1.165) is 24.8 Å². The lowest BCUT2D eigenvalue weighted by atomic mass is 9.77. The van der Waals surface area contributed by atoms with Crippen LogP contribution >= 0.6 is 19.8 Å². The van der Waals surface area contributed by atoms with Crippen molar-refractivity contribution >= 4 is 51.1 Å². The van der Waals surface area contributed by atoms with Gasteiger partial charge in [0.1, 0.15) is 18.3 Å². The molecule has 2 fully saturated rings. The van der Waals surface area contributed by atoms with Gasteiger partial charge < -0.3 is 19.3 Å². The monoisotopic (exact) mass is 629 g/mol. The minimum Gasteiger partial charge on any atom is -0.414 e. The fourth-order valence-corrected chi connectivity index (χ4v) is 7.89. The lowest BCUT2D eigenvalue weighted by molar-refractivity contribution is -0.0485. The van der Waals surface area contributed by atoms with Crippen molar-refractivity contribution in [2.75, 3.05) is 6.61 Å². The number of aromatic nitrogens is 4. The molecule has 0 spiro atoms. The van der Waals surface area contributed by atoms with Crippen LogP contribution in [0.2, 0.25) is 18.1 Å². The number of aliphatic hydroxyl groups is 1. The number of allylic oxidation sites excluding steroid dienone is 1. The van der Waals surface area contributed by atoms with Gasteiger partial charge in [-0.15, -0.1) is 9.05 Å². The Morgan fingerprint density at radius 2 is 2.10 bits per heavy atom. The third-order valence-electron chi connectivity index (χ3n) is 8.67. The quantitative estimate of drug-likeness (QED) is 0.152. The molecule has 10 nitrogen and oxygen atoms in total. The average Bonchev–Trinajstić information content (AvgIpc) is 3.40. The van der Waals surface area contributed by atoms with Crippen LogP contribution in [0.15, 0.2) is 29.6 Å². The highest BCUT2D eigenvalue weighted by molar-refractivity contribution is 8.00. The van der Waals surface area contributed by atoms with E-state index in [0.29, 0.717) is 11.6 Å². The van der Waals surface area contributed by atoms with Gasteiger partial charge in [-0.3, -0.25) is 9.36 Å². The molecule has 4 rings (SSSR count). The minimum atomic E-state index is -2.14. The van der Waals surface area contributed by atoms with Crippen LogP contribution in [-0.2, 0) is 30.0 Å². The zero-order valence-electron chi connectivity index (χ0n) is 24.3. The van der Waals surface area contributed by atoms with Crippen molar-refractivity contribution in [2.45, 2.75) is 107 Å². The summed E-state index contributed by atoms with van der Waals surface area (Å²) in [5.41, 5.74) is 1.20. The van der Waals surface area contributed by atoms with E-state index >= 15 is 0 Å². The molecular formula is C26H42N4O6PS2Si+. The van der Waals surface area contributed by atoms with Gasteiger partial charge in [0.15, 0.2) is 31.8 Å². The van der Waals surface area contributed by atoms with E-state index in [4.69, 9.17) is 42.6 Å². The largest absolute Gasteiger partial charge is 0.522 e. The zero-order chi connectivity index (χ0) is 29.6. The summed E-state index contributed by atoms with van der Waals surface area (Å²) in [7, 11) is -3.96. The lowest BCUT2D eigenvalue weighted by Gasteiger charge is -2.38. The maximum atomic E-state index is 12.2. The van der Waals surface area contributed by atoms with E-state index in [9.17, 15) is 9.90 Å². The molecule has 0 aromatic carbocycles. The summed E-state index contributed by atoms with van der Waals surface area (Å²) in [6.45, 7) is 19.2. The van der Waals surface area contributed by atoms with E-state index in [2.05, 4.69) is 62.3 Å². The highest BCUT2D eigenvalue weighted by Gasteiger charge is 2.52. The van der Waals surface area contributed by atoms with Gasteiger partial charge in [0.05, 0.1) is 19.3 Å². The van der Waals surface area contributed by atoms with Gasteiger partial charge in [-0.2, -0.15) is 12.6 Å². The summed E-state index contributed by atoms with van der Waals surface area (Å²) >= 11 is 10.6. The number of H-pyrrole nitrogens is 1. The summed E-state index contributed by atoms with van der Waals surface area (Å²) in [6, 6.07) is 0. The molecule has 2 N–H and O–H groups in total. The maximum Gasteiger partial charge on any atom is 0.522 e. The van der Waals surface area contributed by atoms with Gasteiger partial charge in [-0.25, -0.2) is 9.97 Å². The number of imidazole rings is 1. The summed E-state index contributed by atoms with van der Waals surface area (Å²) in [4.78, 5) is 23.2. The van der Waals surface area contributed by atoms with Crippen molar-refractivity contribution in [3.8, 4) is 0 Å². The number of nitrogens with one attached hydrogen (secondary N) is 1. The van der Waals surface area contributed by atoms with Crippen molar-refractivity contribution in [1.82, 2.24) is 19.5 Å². The molecule has 2 aromatic heterocycles. The van der Waals surface area contributed by atoms with Gasteiger partial charge in [0.2, 0.25) is 11.8 Å². The van der Waals surface area contributed by atoms with E-state index in [1.54, 1.807) is 4.57 Å². The Hall–Kier alpha value is -1.02. The van der Waals surface area contributed by atoms with Crippen molar-refractivity contribution in [3.05, 3.63) is 35.2 Å². The molecule has 0 radical (unpaired) electrons. The first-order valence-corrected chi connectivity index (χ1v) is 19.1. The molecule has 1 aliphatic heterocycles. The summed E-state index contributed by atoms with van der Waals surface area (Å²) in [5, 5.41) is 11.5. The molecule has 8 atom stereocenters. The molecule has 2 aliphatic rings. The zero-order valence-corrected chi connectivity index (χ0v) is 27.9. The highest BCUT2D eigenvalue weighted by atomic mass is 32.4. The third-order valence-corrected chi connectivity index (χ3v) is 15.0. The predicted molar refractivity (Wildman–Crippen MR) is 165 cm³/mol. The molecule has 1 saturated heterocycles. The first kappa shape index (κ1) is 31.9. The summed E-state index contributed by atoms with van der Waals surface area (Å²) in [6.07, 6.45) is 1.64. The fourth-order valence-electron chi connectivity index (χ4n) is 4.86. The number of hydrogen-bond acceptors (Lipinski definition) is 10. The Bertz CT molecular complexity index is 1310.